The van der Waals surface area contributed by atoms with Crippen LogP contribution in [-0.2, 0) is 14.3 Å². The van der Waals surface area contributed by atoms with Gasteiger partial charge in [0, 0.05) is 25.4 Å². The first kappa shape index (κ1) is 27.4. The smallest absolute Gasteiger partial charge is 0.343 e. The summed E-state index contributed by atoms with van der Waals surface area (Å²) in [6, 6.07) is 15.4. The van der Waals surface area contributed by atoms with Crippen molar-refractivity contribution in [2.45, 2.75) is 33.6 Å². The second kappa shape index (κ2) is 13.7. The molecule has 0 atom stereocenters. The summed E-state index contributed by atoms with van der Waals surface area (Å²) in [6.45, 7) is 7.92. The molecule has 2 rings (SSSR count). The van der Waals surface area contributed by atoms with Gasteiger partial charge in [-0.1, -0.05) is 56.3 Å². The third-order valence-corrected chi connectivity index (χ3v) is 4.88. The van der Waals surface area contributed by atoms with Gasteiger partial charge < -0.3 is 20.5 Å². The Balaban J connectivity index is 0.000000331. The van der Waals surface area contributed by atoms with Crippen molar-refractivity contribution in [3.63, 3.8) is 0 Å². The highest BCUT2D eigenvalue weighted by Crippen LogP contribution is 2.26. The first-order valence-electron chi connectivity index (χ1n) is 10.7. The number of allylic oxidation sites excluding steroid dienone is 1. The highest BCUT2D eigenvalue weighted by Gasteiger charge is 2.18. The fourth-order valence-corrected chi connectivity index (χ4v) is 3.19. The second-order valence-corrected chi connectivity index (χ2v) is 7.57. The molecular formula is C26H35N3O4. The number of benzene rings is 2. The van der Waals surface area contributed by atoms with Gasteiger partial charge in [0.25, 0.3) is 5.91 Å². The largest absolute Gasteiger partial charge is 0.482 e. The first-order valence-corrected chi connectivity index (χ1v) is 10.7. The maximum atomic E-state index is 11.8. The molecule has 3 N–H and O–H groups in total. The number of carbonyl (C=O) groups excluding carboxylic acids is 2. The lowest BCUT2D eigenvalue weighted by molar-refractivity contribution is -0.142. The van der Waals surface area contributed by atoms with Crippen LogP contribution in [0.1, 0.15) is 43.4 Å². The topological polar surface area (TPSA) is 103 Å². The molecule has 0 aliphatic heterocycles. The average molecular weight is 454 g/mol. The van der Waals surface area contributed by atoms with E-state index in [-0.39, 0.29) is 18.5 Å². The van der Waals surface area contributed by atoms with Crippen LogP contribution in [0.3, 0.4) is 0 Å². The summed E-state index contributed by atoms with van der Waals surface area (Å²) in [5, 5.41) is 2.57. The fourth-order valence-electron chi connectivity index (χ4n) is 3.19. The Labute approximate surface area is 196 Å². The normalized spacial score (nSPS) is 11.7. The van der Waals surface area contributed by atoms with E-state index >= 15 is 0 Å². The minimum absolute atomic E-state index is 0.0428. The quantitative estimate of drug-likeness (QED) is 0.378. The van der Waals surface area contributed by atoms with E-state index in [2.05, 4.69) is 35.0 Å². The van der Waals surface area contributed by atoms with Gasteiger partial charge >= 0.3 is 5.97 Å². The van der Waals surface area contributed by atoms with Crippen LogP contribution in [0, 0.1) is 6.92 Å². The molecule has 0 saturated carbocycles. The summed E-state index contributed by atoms with van der Waals surface area (Å²) in [6.07, 6.45) is 0. The van der Waals surface area contributed by atoms with Crippen LogP contribution in [0.5, 0.6) is 5.75 Å². The predicted octanol–water partition coefficient (Wildman–Crippen LogP) is 3.75. The zero-order valence-corrected chi connectivity index (χ0v) is 20.6. The number of rotatable bonds is 7. The van der Waals surface area contributed by atoms with Gasteiger partial charge in [0.05, 0.1) is 18.4 Å². The molecule has 7 nitrogen and oxygen atoms in total. The zero-order valence-electron chi connectivity index (χ0n) is 20.6. The van der Waals surface area contributed by atoms with Gasteiger partial charge in [-0.2, -0.15) is 0 Å². The number of hydrogen-bond acceptors (Lipinski definition) is 6. The Morgan fingerprint density at radius 1 is 1.09 bits per heavy atom. The van der Waals surface area contributed by atoms with Crippen LogP contribution in [0.2, 0.25) is 0 Å². The molecule has 2 aromatic carbocycles. The molecule has 0 radical (unpaired) electrons. The minimum atomic E-state index is -0.366. The molecule has 0 unspecified atom stereocenters. The molecule has 7 heteroatoms. The van der Waals surface area contributed by atoms with Crippen LogP contribution in [0.25, 0.3) is 0 Å². The molecule has 178 valence electrons. The summed E-state index contributed by atoms with van der Waals surface area (Å²) < 4.78 is 9.93. The molecule has 0 spiro atoms. The summed E-state index contributed by atoms with van der Waals surface area (Å²) >= 11 is 0. The van der Waals surface area contributed by atoms with Crippen LogP contribution in [0.15, 0.2) is 64.8 Å². The number of nitrogens with one attached hydrogen (secondary N) is 1. The van der Waals surface area contributed by atoms with Crippen LogP contribution < -0.4 is 15.8 Å². The molecule has 2 aromatic rings. The van der Waals surface area contributed by atoms with E-state index in [9.17, 15) is 9.59 Å². The standard InChI is InChI=1S/C13H17N3O.C13H18O3/c1-9(14)11(13(17)16-3)12(15-2)10-7-5-4-6-8-10;1-9(2)11-6-5-7-12(10(11)3)16-8-13(14)15-4/h4-8H,14H2,1-3H3,(H,16,17);5-7,9H,8H2,1-4H3/b11-9-,15-12?;. The number of carbonyl (C=O) groups is 2. The number of ether oxygens (including phenoxy) is 2. The Kier molecular flexibility index (Phi) is 11.4. The SMILES string of the molecule is CN=C(/C(C(=O)NC)=C(\C)N)c1ccccc1.COC(=O)COc1cccc(C(C)C)c1C. The summed E-state index contributed by atoms with van der Waals surface area (Å²) in [4.78, 5) is 26.9. The lowest BCUT2D eigenvalue weighted by Crippen LogP contribution is -2.28. The highest BCUT2D eigenvalue weighted by molar-refractivity contribution is 6.28. The number of nitrogens with zero attached hydrogens (tertiary/aromatic N) is 1. The average Bonchev–Trinajstić information content (AvgIpc) is 2.81. The van der Waals surface area contributed by atoms with Crippen molar-refractivity contribution in [1.29, 1.82) is 0 Å². The summed E-state index contributed by atoms with van der Waals surface area (Å²) in [5.74, 6) is 0.599. The molecule has 0 aliphatic rings. The van der Waals surface area contributed by atoms with E-state index in [0.717, 1.165) is 16.9 Å². The molecule has 0 aromatic heterocycles. The van der Waals surface area contributed by atoms with Gasteiger partial charge in [0.15, 0.2) is 6.61 Å². The van der Waals surface area contributed by atoms with Gasteiger partial charge in [0.2, 0.25) is 0 Å². The number of likely N-dealkylation sites (N-methyl/N-ethyl adjacent to an activating group) is 1. The van der Waals surface area contributed by atoms with E-state index in [4.69, 9.17) is 10.5 Å². The lowest BCUT2D eigenvalue weighted by Gasteiger charge is -2.14. The molecule has 0 saturated heterocycles. The molecule has 0 bridgehead atoms. The van der Waals surface area contributed by atoms with Crippen LogP contribution >= 0.6 is 0 Å². The second-order valence-electron chi connectivity index (χ2n) is 7.57. The number of amides is 1. The van der Waals surface area contributed by atoms with Crippen LogP contribution in [0.4, 0.5) is 0 Å². The number of methoxy groups -OCH3 is 1. The zero-order chi connectivity index (χ0) is 25.0. The van der Waals surface area contributed by atoms with Gasteiger partial charge in [-0.05, 0) is 37.0 Å². The Morgan fingerprint density at radius 2 is 1.73 bits per heavy atom. The van der Waals surface area contributed by atoms with E-state index in [1.165, 1.54) is 12.7 Å². The first-order chi connectivity index (χ1) is 15.7. The Hall–Kier alpha value is -3.61. The van der Waals surface area contributed by atoms with Crippen LogP contribution in [-0.4, -0.2) is 45.4 Å². The van der Waals surface area contributed by atoms with Crippen molar-refractivity contribution < 1.29 is 19.1 Å². The third kappa shape index (κ3) is 8.11. The maximum Gasteiger partial charge on any atom is 0.343 e. The van der Waals surface area contributed by atoms with E-state index < -0.39 is 0 Å². The molecule has 0 aliphatic carbocycles. The van der Waals surface area contributed by atoms with Gasteiger partial charge in [-0.25, -0.2) is 4.79 Å². The Morgan fingerprint density at radius 3 is 2.21 bits per heavy atom. The number of nitrogens with two attached hydrogens (primary N) is 1. The van der Waals surface area contributed by atoms with Gasteiger partial charge in [-0.15, -0.1) is 0 Å². The van der Waals surface area contributed by atoms with Crippen molar-refractivity contribution in [2.24, 2.45) is 10.7 Å². The van der Waals surface area contributed by atoms with Crippen molar-refractivity contribution in [3.05, 3.63) is 76.5 Å². The summed E-state index contributed by atoms with van der Waals surface area (Å²) in [5.41, 5.74) is 10.4. The maximum absolute atomic E-state index is 11.8. The third-order valence-electron chi connectivity index (χ3n) is 4.88. The Bertz CT molecular complexity index is 992. The predicted molar refractivity (Wildman–Crippen MR) is 133 cm³/mol. The number of hydrogen-bond donors (Lipinski definition) is 2. The molecule has 0 fully saturated rings. The lowest BCUT2D eigenvalue weighted by atomic mass is 9.97. The molecular weight excluding hydrogens is 418 g/mol. The fraction of sp³-hybridized carbons (Fsp3) is 0.346. The van der Waals surface area contributed by atoms with Crippen molar-refractivity contribution in [3.8, 4) is 5.75 Å². The molecule has 33 heavy (non-hydrogen) atoms. The highest BCUT2D eigenvalue weighted by atomic mass is 16.6. The molecule has 0 heterocycles. The van der Waals surface area contributed by atoms with Crippen molar-refractivity contribution in [1.82, 2.24) is 5.32 Å². The van der Waals surface area contributed by atoms with E-state index in [1.807, 2.05) is 49.4 Å². The number of aliphatic imine (C=N–C) groups is 1. The van der Waals surface area contributed by atoms with E-state index in [0.29, 0.717) is 22.9 Å². The summed E-state index contributed by atoms with van der Waals surface area (Å²) in [7, 11) is 4.57. The van der Waals surface area contributed by atoms with E-state index in [1.54, 1.807) is 21.0 Å². The minimum Gasteiger partial charge on any atom is -0.482 e. The van der Waals surface area contributed by atoms with Crippen molar-refractivity contribution in [2.75, 3.05) is 27.8 Å². The molecule has 1 amide bonds. The number of esters is 1. The van der Waals surface area contributed by atoms with Gasteiger partial charge in [-0.3, -0.25) is 9.79 Å². The monoisotopic (exact) mass is 453 g/mol. The van der Waals surface area contributed by atoms with Crippen molar-refractivity contribution >= 4 is 17.6 Å². The van der Waals surface area contributed by atoms with Gasteiger partial charge in [0.1, 0.15) is 5.75 Å².